The molecule has 0 unspecified atom stereocenters. The maximum atomic E-state index is 11.9. The Hall–Kier alpha value is -1.73. The summed E-state index contributed by atoms with van der Waals surface area (Å²) in [5.41, 5.74) is -0.273. The lowest BCUT2D eigenvalue weighted by atomic mass is 10.2. The summed E-state index contributed by atoms with van der Waals surface area (Å²) in [5, 5.41) is 13.2. The van der Waals surface area contributed by atoms with E-state index in [1.54, 1.807) is 0 Å². The largest absolute Gasteiger partial charge is 0.381 e. The van der Waals surface area contributed by atoms with Crippen molar-refractivity contribution in [2.45, 2.75) is 26.2 Å². The molecule has 0 aliphatic heterocycles. The van der Waals surface area contributed by atoms with Crippen molar-refractivity contribution in [3.05, 3.63) is 33.1 Å². The van der Waals surface area contributed by atoms with Gasteiger partial charge in [0.2, 0.25) is 0 Å². The average Bonchev–Trinajstić information content (AvgIpc) is 2.46. The zero-order chi connectivity index (χ0) is 15.7. The van der Waals surface area contributed by atoms with E-state index in [9.17, 15) is 14.9 Å². The van der Waals surface area contributed by atoms with E-state index in [2.05, 4.69) is 17.2 Å². The van der Waals surface area contributed by atoms with Crippen LogP contribution in [0.25, 0.3) is 0 Å². The number of halogens is 1. The minimum Gasteiger partial charge on any atom is -0.381 e. The molecule has 0 aromatic carbocycles. The number of hydrogen-bond acceptors (Lipinski definition) is 5. The Kier molecular flexibility index (Phi) is 7.63. The number of ether oxygens (including phenoxy) is 1. The van der Waals surface area contributed by atoms with Crippen LogP contribution in [0.4, 0.5) is 5.69 Å². The van der Waals surface area contributed by atoms with Crippen molar-refractivity contribution in [1.29, 1.82) is 0 Å². The van der Waals surface area contributed by atoms with Gasteiger partial charge in [-0.25, -0.2) is 4.98 Å². The lowest BCUT2D eigenvalue weighted by Crippen LogP contribution is -2.26. The lowest BCUT2D eigenvalue weighted by Gasteiger charge is -2.07. The molecule has 7 nitrogen and oxygen atoms in total. The second kappa shape index (κ2) is 9.25. The number of nitrogens with zero attached hydrogens (tertiary/aromatic N) is 2. The maximum Gasteiger partial charge on any atom is 0.288 e. The number of aromatic nitrogens is 1. The maximum absolute atomic E-state index is 11.9. The molecule has 0 fully saturated rings. The number of rotatable bonds is 9. The van der Waals surface area contributed by atoms with Crippen molar-refractivity contribution in [1.82, 2.24) is 10.3 Å². The van der Waals surface area contributed by atoms with E-state index >= 15 is 0 Å². The molecule has 1 amide bonds. The molecule has 0 saturated carbocycles. The van der Waals surface area contributed by atoms with Crippen LogP contribution in [0.5, 0.6) is 0 Å². The van der Waals surface area contributed by atoms with E-state index in [1.807, 2.05) is 0 Å². The average molecular weight is 316 g/mol. The van der Waals surface area contributed by atoms with Crippen LogP contribution in [-0.4, -0.2) is 35.6 Å². The van der Waals surface area contributed by atoms with E-state index in [0.717, 1.165) is 25.1 Å². The molecule has 1 aromatic rings. The van der Waals surface area contributed by atoms with Gasteiger partial charge >= 0.3 is 0 Å². The molecule has 0 radical (unpaired) electrons. The van der Waals surface area contributed by atoms with Crippen molar-refractivity contribution in [2.24, 2.45) is 0 Å². The Morgan fingerprint density at radius 2 is 2.19 bits per heavy atom. The standard InChI is InChI=1S/C13H18ClN3O4/c1-2-3-6-21-7-4-5-15-13(18)11-8-10(17(19)20)9-16-12(11)14/h8-9H,2-7H2,1H3,(H,15,18). The number of nitro groups is 1. The zero-order valence-corrected chi connectivity index (χ0v) is 12.6. The third-order valence-electron chi connectivity index (χ3n) is 2.67. The molecular formula is C13H18ClN3O4. The van der Waals surface area contributed by atoms with Gasteiger partial charge < -0.3 is 10.1 Å². The molecular weight excluding hydrogens is 298 g/mol. The minimum atomic E-state index is -0.623. The van der Waals surface area contributed by atoms with Crippen LogP contribution >= 0.6 is 11.6 Å². The molecule has 0 atom stereocenters. The molecule has 8 heteroatoms. The summed E-state index contributed by atoms with van der Waals surface area (Å²) in [6.07, 6.45) is 3.77. The monoisotopic (exact) mass is 315 g/mol. The molecule has 0 aliphatic carbocycles. The molecule has 0 bridgehead atoms. The van der Waals surface area contributed by atoms with Gasteiger partial charge in [-0.1, -0.05) is 24.9 Å². The minimum absolute atomic E-state index is 0.00207. The summed E-state index contributed by atoms with van der Waals surface area (Å²) >= 11 is 5.77. The number of pyridine rings is 1. The predicted octanol–water partition coefficient (Wildman–Crippen LogP) is 2.58. The van der Waals surface area contributed by atoms with Crippen molar-refractivity contribution >= 4 is 23.2 Å². The summed E-state index contributed by atoms with van der Waals surface area (Å²) in [7, 11) is 0. The summed E-state index contributed by atoms with van der Waals surface area (Å²) in [4.78, 5) is 25.5. The quantitative estimate of drug-likeness (QED) is 0.327. The number of carbonyl (C=O) groups is 1. The normalized spacial score (nSPS) is 10.4. The zero-order valence-electron chi connectivity index (χ0n) is 11.8. The van der Waals surface area contributed by atoms with Crippen LogP contribution in [0.3, 0.4) is 0 Å². The van der Waals surface area contributed by atoms with Crippen LogP contribution in [0, 0.1) is 10.1 Å². The van der Waals surface area contributed by atoms with Crippen molar-refractivity contribution < 1.29 is 14.5 Å². The number of hydrogen-bond donors (Lipinski definition) is 1. The van der Waals surface area contributed by atoms with Gasteiger partial charge in [-0.05, 0) is 12.8 Å². The third kappa shape index (κ3) is 6.05. The first-order valence-electron chi connectivity index (χ1n) is 6.72. The summed E-state index contributed by atoms with van der Waals surface area (Å²) in [5.74, 6) is -0.482. The van der Waals surface area contributed by atoms with Gasteiger partial charge in [0.05, 0.1) is 10.5 Å². The van der Waals surface area contributed by atoms with Gasteiger partial charge in [-0.2, -0.15) is 0 Å². The molecule has 0 spiro atoms. The van der Waals surface area contributed by atoms with Gasteiger partial charge in [-0.3, -0.25) is 14.9 Å². The van der Waals surface area contributed by atoms with Gasteiger partial charge in [0.1, 0.15) is 11.3 Å². The fourth-order valence-corrected chi connectivity index (χ4v) is 1.71. The SMILES string of the molecule is CCCCOCCCNC(=O)c1cc([N+](=O)[O-])cnc1Cl. The highest BCUT2D eigenvalue weighted by Crippen LogP contribution is 2.18. The highest BCUT2D eigenvalue weighted by atomic mass is 35.5. The van der Waals surface area contributed by atoms with Crippen LogP contribution in [0.2, 0.25) is 5.15 Å². The second-order valence-electron chi connectivity index (χ2n) is 4.36. The second-order valence-corrected chi connectivity index (χ2v) is 4.72. The Bertz CT molecular complexity index is 496. The van der Waals surface area contributed by atoms with Gasteiger partial charge in [0.25, 0.3) is 11.6 Å². The number of carbonyl (C=O) groups excluding carboxylic acids is 1. The topological polar surface area (TPSA) is 94.4 Å². The smallest absolute Gasteiger partial charge is 0.288 e. The van der Waals surface area contributed by atoms with Crippen LogP contribution in [0.15, 0.2) is 12.3 Å². The highest BCUT2D eigenvalue weighted by molar-refractivity contribution is 6.32. The van der Waals surface area contributed by atoms with Gasteiger partial charge in [0.15, 0.2) is 0 Å². The molecule has 21 heavy (non-hydrogen) atoms. The van der Waals surface area contributed by atoms with Crippen molar-refractivity contribution in [3.63, 3.8) is 0 Å². The fraction of sp³-hybridized carbons (Fsp3) is 0.538. The molecule has 0 aliphatic rings. The number of nitrogens with one attached hydrogen (secondary N) is 1. The Morgan fingerprint density at radius 1 is 1.48 bits per heavy atom. The number of amides is 1. The Morgan fingerprint density at radius 3 is 2.86 bits per heavy atom. The first-order chi connectivity index (χ1) is 10.1. The summed E-state index contributed by atoms with van der Waals surface area (Å²) in [6.45, 7) is 3.76. The molecule has 1 rings (SSSR count). The fourth-order valence-electron chi connectivity index (χ4n) is 1.52. The van der Waals surface area contributed by atoms with E-state index in [0.29, 0.717) is 26.2 Å². The summed E-state index contributed by atoms with van der Waals surface area (Å²) in [6, 6.07) is 1.11. The van der Waals surface area contributed by atoms with Gasteiger partial charge in [0, 0.05) is 25.8 Å². The molecule has 1 aromatic heterocycles. The first kappa shape index (κ1) is 17.3. The summed E-state index contributed by atoms with van der Waals surface area (Å²) < 4.78 is 5.36. The number of unbranched alkanes of at least 4 members (excludes halogenated alkanes) is 1. The van der Waals surface area contributed by atoms with Crippen LogP contribution < -0.4 is 5.32 Å². The van der Waals surface area contributed by atoms with Crippen molar-refractivity contribution in [3.8, 4) is 0 Å². The van der Waals surface area contributed by atoms with Gasteiger partial charge in [-0.15, -0.1) is 0 Å². The first-order valence-corrected chi connectivity index (χ1v) is 7.10. The predicted molar refractivity (Wildman–Crippen MR) is 78.6 cm³/mol. The van der Waals surface area contributed by atoms with Crippen LogP contribution in [-0.2, 0) is 4.74 Å². The third-order valence-corrected chi connectivity index (χ3v) is 2.97. The molecule has 1 N–H and O–H groups in total. The van der Waals surface area contributed by atoms with E-state index in [1.165, 1.54) is 0 Å². The molecule has 0 saturated heterocycles. The Labute approximate surface area is 127 Å². The van der Waals surface area contributed by atoms with E-state index in [4.69, 9.17) is 16.3 Å². The molecule has 1 heterocycles. The van der Waals surface area contributed by atoms with E-state index in [-0.39, 0.29) is 16.4 Å². The Balaban J connectivity index is 2.41. The van der Waals surface area contributed by atoms with Crippen LogP contribution in [0.1, 0.15) is 36.5 Å². The lowest BCUT2D eigenvalue weighted by molar-refractivity contribution is -0.385. The van der Waals surface area contributed by atoms with Crippen molar-refractivity contribution in [2.75, 3.05) is 19.8 Å². The highest BCUT2D eigenvalue weighted by Gasteiger charge is 2.16. The molecule has 116 valence electrons. The van der Waals surface area contributed by atoms with E-state index < -0.39 is 10.8 Å².